The maximum atomic E-state index is 3.93. The molecule has 0 bridgehead atoms. The third kappa shape index (κ3) is 10.0. The molecule has 2 fully saturated rings. The number of rotatable bonds is 0. The van der Waals surface area contributed by atoms with Gasteiger partial charge in [0.15, 0.2) is 58.8 Å². The normalized spacial score (nSPS) is 31.5. The first kappa shape index (κ1) is 27.3. The number of hydrogen-bond acceptors (Lipinski definition) is 7. The highest BCUT2D eigenvalue weighted by atomic mass is 28.5. The maximum absolute atomic E-state index is 3.93. The monoisotopic (exact) mass is 511 g/mol. The van der Waals surface area contributed by atoms with Gasteiger partial charge in [-0.3, -0.25) is 0 Å². The second-order valence-electron chi connectivity index (χ2n) is 12.2. The van der Waals surface area contributed by atoms with Crippen LogP contribution in [0.3, 0.4) is 0 Å². The molecule has 168 valence electrons. The molecule has 0 unspecified atom stereocenters. The second kappa shape index (κ2) is 8.30. The zero-order valence-corrected chi connectivity index (χ0v) is 28.0. The Hall–Kier alpha value is 1.24. The lowest BCUT2D eigenvalue weighted by molar-refractivity contribution is 1.04. The fraction of sp³-hybridized carbons (Fsp3) is 1.00. The van der Waals surface area contributed by atoms with Crippen molar-refractivity contribution in [1.82, 2.24) is 32.5 Å². The van der Waals surface area contributed by atoms with Crippen molar-refractivity contribution in [2.75, 3.05) is 0 Å². The van der Waals surface area contributed by atoms with Crippen molar-refractivity contribution in [2.45, 2.75) is 91.7 Å². The van der Waals surface area contributed by atoms with Crippen LogP contribution in [0.25, 0.3) is 0 Å². The topological polar surface area (TPSA) is 84.2 Å². The summed E-state index contributed by atoms with van der Waals surface area (Å²) in [5.41, 5.74) is 0. The van der Waals surface area contributed by atoms with Gasteiger partial charge in [-0.25, -0.2) is 0 Å². The highest BCUT2D eigenvalue weighted by Crippen LogP contribution is 2.12. The molecule has 2 aliphatic heterocycles. The highest BCUT2D eigenvalue weighted by molar-refractivity contribution is 7.05. The molecule has 0 aliphatic carbocycles. The summed E-state index contributed by atoms with van der Waals surface area (Å²) in [5.74, 6) is 0. The van der Waals surface area contributed by atoms with Gasteiger partial charge in [-0.2, -0.15) is 0 Å². The number of nitrogens with one attached hydrogen (secondary N) is 7. The van der Waals surface area contributed by atoms with E-state index in [4.69, 9.17) is 0 Å². The molecule has 0 saturated carbocycles. The summed E-state index contributed by atoms with van der Waals surface area (Å²) in [5, 5.41) is 0. The van der Waals surface area contributed by atoms with Crippen molar-refractivity contribution < 1.29 is 0 Å². The first-order valence-corrected chi connectivity index (χ1v) is 31.5. The molecule has 0 aromatic rings. The lowest BCUT2D eigenvalue weighted by Gasteiger charge is -2.49. The van der Waals surface area contributed by atoms with Crippen LogP contribution in [0.1, 0.15) is 0 Å². The molecule has 7 N–H and O–H groups in total. The van der Waals surface area contributed by atoms with Gasteiger partial charge < -0.3 is 32.5 Å². The fourth-order valence-corrected chi connectivity index (χ4v) is 55.1. The first-order valence-electron chi connectivity index (χ1n) is 10.5. The minimum Gasteiger partial charge on any atom is -0.336 e. The molecular weight excluding hydrogens is 463 g/mol. The van der Waals surface area contributed by atoms with Gasteiger partial charge >= 0.3 is 0 Å². The van der Waals surface area contributed by atoms with Crippen LogP contribution in [0, 0.1) is 0 Å². The third-order valence-electron chi connectivity index (χ3n) is 4.38. The minimum atomic E-state index is -1.49. The summed E-state index contributed by atoms with van der Waals surface area (Å²) in [6, 6.07) is 0. The zero-order valence-electron chi connectivity index (χ0n) is 21.0. The Kier molecular flexibility index (Phi) is 8.09. The van der Waals surface area contributed by atoms with Crippen LogP contribution in [0.15, 0.2) is 0 Å². The predicted molar refractivity (Wildman–Crippen MR) is 144 cm³/mol. The highest BCUT2D eigenvalue weighted by Gasteiger charge is 2.45. The zero-order chi connectivity index (χ0) is 22.4. The van der Waals surface area contributed by atoms with Crippen LogP contribution < -0.4 is 32.5 Å². The van der Waals surface area contributed by atoms with E-state index in [1.54, 1.807) is 0 Å². The van der Waals surface area contributed by atoms with Crippen molar-refractivity contribution >= 4 is 58.8 Å². The van der Waals surface area contributed by atoms with Crippen LogP contribution >= 0.6 is 0 Å². The van der Waals surface area contributed by atoms with Gasteiger partial charge in [-0.1, -0.05) is 0 Å². The maximum Gasteiger partial charge on any atom is 0.183 e. The lowest BCUT2D eigenvalue weighted by Crippen LogP contribution is -2.87. The van der Waals surface area contributed by atoms with Gasteiger partial charge in [0.1, 0.15) is 0 Å². The number of hydrogen-bond donors (Lipinski definition) is 7. The lowest BCUT2D eigenvalue weighted by atomic mass is 11.9. The molecule has 0 spiro atoms. The predicted octanol–water partition coefficient (Wildman–Crippen LogP) is 2.04. The summed E-state index contributed by atoms with van der Waals surface area (Å²) in [4.78, 5) is 0. The SMILES string of the molecule is C[Si]1(C)N[Si](C)(C)N[Si](C)(C)N1.C[Si]1(C)N[Si](C)(C)N[Si](C)(C)N[Si](C)(C)N1. The summed E-state index contributed by atoms with van der Waals surface area (Å²) < 4.78 is 27.1. The Morgan fingerprint density at radius 2 is 0.286 bits per heavy atom. The second-order valence-corrected chi connectivity index (χ2v) is 42.0. The van der Waals surface area contributed by atoms with E-state index >= 15 is 0 Å². The van der Waals surface area contributed by atoms with Gasteiger partial charge in [-0.15, -0.1) is 0 Å². The smallest absolute Gasteiger partial charge is 0.183 e. The van der Waals surface area contributed by atoms with E-state index in [1.165, 1.54) is 0 Å². The van der Waals surface area contributed by atoms with Gasteiger partial charge in [0.05, 0.1) is 0 Å². The Morgan fingerprint density at radius 3 is 0.357 bits per heavy atom. The van der Waals surface area contributed by atoms with Crippen molar-refractivity contribution in [1.29, 1.82) is 0 Å². The quantitative estimate of drug-likeness (QED) is 0.251. The van der Waals surface area contributed by atoms with E-state index in [0.29, 0.717) is 0 Å². The van der Waals surface area contributed by atoms with Crippen molar-refractivity contribution in [3.63, 3.8) is 0 Å². The first-order chi connectivity index (χ1) is 11.9. The van der Waals surface area contributed by atoms with Gasteiger partial charge in [0.2, 0.25) is 0 Å². The average Bonchev–Trinajstić information content (AvgIpc) is 2.10. The van der Waals surface area contributed by atoms with Crippen molar-refractivity contribution in [3.8, 4) is 0 Å². The molecule has 2 saturated heterocycles. The third-order valence-corrected chi connectivity index (χ3v) is 39.4. The van der Waals surface area contributed by atoms with Gasteiger partial charge in [0.25, 0.3) is 0 Å². The van der Waals surface area contributed by atoms with E-state index in [2.05, 4.69) is 124 Å². The molecule has 14 heteroatoms. The molecule has 2 heterocycles. The molecule has 0 aromatic carbocycles. The Labute approximate surface area is 182 Å². The fourth-order valence-electron chi connectivity index (χ4n) is 5.69. The van der Waals surface area contributed by atoms with Crippen LogP contribution in [0.5, 0.6) is 0 Å². The molecule has 0 atom stereocenters. The minimum absolute atomic E-state index is 1.30. The Morgan fingerprint density at radius 1 is 0.214 bits per heavy atom. The van der Waals surface area contributed by atoms with Crippen LogP contribution in [-0.2, 0) is 0 Å². The standard InChI is InChI=1S/C8H28N4Si4.C6H21N3Si3/c1-13(2)9-14(3,4)11-16(7,8)12-15(5,6)10-13;1-10(2)7-11(3,4)9-12(5,6)8-10/h9-12H,1-8H3;7-9H,1-6H3. The van der Waals surface area contributed by atoms with Gasteiger partial charge in [-0.05, 0) is 91.7 Å². The summed E-state index contributed by atoms with van der Waals surface area (Å²) >= 11 is 0. The summed E-state index contributed by atoms with van der Waals surface area (Å²) in [6.07, 6.45) is 0. The Balaban J connectivity index is 0.000000292. The largest absolute Gasteiger partial charge is 0.336 e. The van der Waals surface area contributed by atoms with Crippen molar-refractivity contribution in [2.24, 2.45) is 0 Å². The van der Waals surface area contributed by atoms with Crippen LogP contribution in [0.4, 0.5) is 0 Å². The molecule has 0 aromatic heterocycles. The van der Waals surface area contributed by atoms with E-state index in [0.717, 1.165) is 0 Å². The van der Waals surface area contributed by atoms with E-state index < -0.39 is 58.8 Å². The molecule has 2 aliphatic rings. The summed E-state index contributed by atoms with van der Waals surface area (Å²) in [6.45, 7) is 33.1. The molecule has 0 amide bonds. The van der Waals surface area contributed by atoms with Crippen LogP contribution in [0.2, 0.25) is 91.7 Å². The molecule has 0 radical (unpaired) electrons. The molecule has 7 nitrogen and oxygen atoms in total. The van der Waals surface area contributed by atoms with Crippen LogP contribution in [-0.4, -0.2) is 58.8 Å². The Bertz CT molecular complexity index is 447. The molecule has 28 heavy (non-hydrogen) atoms. The van der Waals surface area contributed by atoms with Crippen molar-refractivity contribution in [3.05, 3.63) is 0 Å². The van der Waals surface area contributed by atoms with E-state index in [-0.39, 0.29) is 0 Å². The molecule has 2 rings (SSSR count). The van der Waals surface area contributed by atoms with E-state index in [9.17, 15) is 0 Å². The van der Waals surface area contributed by atoms with E-state index in [1.807, 2.05) is 0 Å². The van der Waals surface area contributed by atoms with Gasteiger partial charge in [0, 0.05) is 0 Å². The molecular formula is C14H49N7Si7. The average molecular weight is 512 g/mol. The summed E-state index contributed by atoms with van der Waals surface area (Å²) in [7, 11) is -9.84.